The van der Waals surface area contributed by atoms with Gasteiger partial charge in [0, 0.05) is 26.1 Å². The Kier molecular flexibility index (Phi) is 5.60. The van der Waals surface area contributed by atoms with Crippen LogP contribution in [0.1, 0.15) is 12.8 Å². The van der Waals surface area contributed by atoms with Gasteiger partial charge in [-0.25, -0.2) is 0 Å². The molecule has 1 amide bonds. The molecule has 0 aromatic rings. The van der Waals surface area contributed by atoms with Gasteiger partial charge >= 0.3 is 0 Å². The predicted molar refractivity (Wildman–Crippen MR) is 58.5 cm³/mol. The van der Waals surface area contributed by atoms with Crippen LogP contribution >= 0.6 is 0 Å². The summed E-state index contributed by atoms with van der Waals surface area (Å²) in [6, 6.07) is 0. The Morgan fingerprint density at radius 2 is 2.47 bits per heavy atom. The third-order valence-corrected chi connectivity index (χ3v) is 2.49. The van der Waals surface area contributed by atoms with Crippen molar-refractivity contribution in [1.82, 2.24) is 10.2 Å². The molecule has 1 heterocycles. The van der Waals surface area contributed by atoms with E-state index in [4.69, 9.17) is 10.5 Å². The third kappa shape index (κ3) is 5.71. The zero-order valence-corrected chi connectivity index (χ0v) is 9.37. The Balaban J connectivity index is 1.97. The van der Waals surface area contributed by atoms with Crippen LogP contribution in [-0.2, 0) is 9.53 Å². The highest BCUT2D eigenvalue weighted by atomic mass is 16.5. The Hall–Kier alpha value is -0.650. The Labute approximate surface area is 90.9 Å². The molecule has 15 heavy (non-hydrogen) atoms. The van der Waals surface area contributed by atoms with E-state index in [2.05, 4.69) is 17.3 Å². The minimum Gasteiger partial charge on any atom is -0.374 e. The van der Waals surface area contributed by atoms with Crippen LogP contribution in [0.4, 0.5) is 0 Å². The molecule has 0 aliphatic carbocycles. The van der Waals surface area contributed by atoms with Gasteiger partial charge in [0.25, 0.3) is 0 Å². The van der Waals surface area contributed by atoms with Gasteiger partial charge in [-0.3, -0.25) is 4.79 Å². The van der Waals surface area contributed by atoms with Crippen LogP contribution in [0.25, 0.3) is 0 Å². The molecule has 0 spiro atoms. The third-order valence-electron chi connectivity index (χ3n) is 2.49. The van der Waals surface area contributed by atoms with Gasteiger partial charge in [-0.2, -0.15) is 0 Å². The van der Waals surface area contributed by atoms with E-state index in [0.29, 0.717) is 6.42 Å². The molecule has 1 saturated heterocycles. The molecule has 5 heteroatoms. The summed E-state index contributed by atoms with van der Waals surface area (Å²) in [6.45, 7) is 4.47. The Morgan fingerprint density at radius 3 is 3.13 bits per heavy atom. The number of primary amides is 1. The average molecular weight is 215 g/mol. The van der Waals surface area contributed by atoms with Crippen LogP contribution in [-0.4, -0.2) is 56.7 Å². The summed E-state index contributed by atoms with van der Waals surface area (Å²) >= 11 is 0. The number of likely N-dealkylation sites (N-methyl/N-ethyl adjacent to an activating group) is 1. The number of rotatable bonds is 6. The summed E-state index contributed by atoms with van der Waals surface area (Å²) in [7, 11) is 2.10. The summed E-state index contributed by atoms with van der Waals surface area (Å²) in [5, 5.41) is 3.27. The van der Waals surface area contributed by atoms with Crippen molar-refractivity contribution in [3.63, 3.8) is 0 Å². The van der Waals surface area contributed by atoms with Gasteiger partial charge in [-0.15, -0.1) is 0 Å². The van der Waals surface area contributed by atoms with Gasteiger partial charge in [0.05, 0.1) is 12.7 Å². The number of morpholine rings is 1. The topological polar surface area (TPSA) is 67.6 Å². The summed E-state index contributed by atoms with van der Waals surface area (Å²) in [5.74, 6) is -0.231. The summed E-state index contributed by atoms with van der Waals surface area (Å²) in [5.41, 5.74) is 5.04. The lowest BCUT2D eigenvalue weighted by Crippen LogP contribution is -2.45. The number of nitrogens with one attached hydrogen (secondary N) is 1. The molecule has 1 unspecified atom stereocenters. The number of amides is 1. The molecule has 0 bridgehead atoms. The van der Waals surface area contributed by atoms with Crippen LogP contribution in [0.2, 0.25) is 0 Å². The van der Waals surface area contributed by atoms with Crippen LogP contribution < -0.4 is 11.1 Å². The Morgan fingerprint density at radius 1 is 1.67 bits per heavy atom. The van der Waals surface area contributed by atoms with Crippen molar-refractivity contribution in [3.8, 4) is 0 Å². The zero-order chi connectivity index (χ0) is 11.1. The fourth-order valence-corrected chi connectivity index (χ4v) is 1.64. The fraction of sp³-hybridized carbons (Fsp3) is 0.900. The summed E-state index contributed by atoms with van der Waals surface area (Å²) < 4.78 is 5.58. The number of nitrogens with zero attached hydrogens (tertiary/aromatic N) is 1. The normalized spacial score (nSPS) is 22.9. The maximum atomic E-state index is 10.5. The lowest BCUT2D eigenvalue weighted by Gasteiger charge is -2.30. The second-order valence-electron chi connectivity index (χ2n) is 4.03. The molecule has 1 atom stereocenters. The van der Waals surface area contributed by atoms with Crippen molar-refractivity contribution in [2.24, 2.45) is 5.73 Å². The molecule has 0 aromatic heterocycles. The van der Waals surface area contributed by atoms with E-state index in [1.807, 2.05) is 0 Å². The molecule has 0 radical (unpaired) electrons. The van der Waals surface area contributed by atoms with Crippen LogP contribution in [0.15, 0.2) is 0 Å². The average Bonchev–Trinajstić information content (AvgIpc) is 2.17. The van der Waals surface area contributed by atoms with E-state index in [1.54, 1.807) is 0 Å². The smallest absolute Gasteiger partial charge is 0.217 e. The van der Waals surface area contributed by atoms with Gasteiger partial charge in [0.15, 0.2) is 0 Å². The van der Waals surface area contributed by atoms with Gasteiger partial charge in [-0.05, 0) is 20.0 Å². The number of carbonyl (C=O) groups excluding carboxylic acids is 1. The largest absolute Gasteiger partial charge is 0.374 e. The van der Waals surface area contributed by atoms with E-state index in [1.165, 1.54) is 0 Å². The first-order valence-corrected chi connectivity index (χ1v) is 5.47. The van der Waals surface area contributed by atoms with Crippen molar-refractivity contribution >= 4 is 5.91 Å². The summed E-state index contributed by atoms with van der Waals surface area (Å²) in [6.07, 6.45) is 1.54. The van der Waals surface area contributed by atoms with Crippen LogP contribution in [0.3, 0.4) is 0 Å². The molecule has 0 aromatic carbocycles. The first kappa shape index (κ1) is 12.4. The van der Waals surface area contributed by atoms with Crippen LogP contribution in [0.5, 0.6) is 0 Å². The van der Waals surface area contributed by atoms with Crippen molar-refractivity contribution in [3.05, 3.63) is 0 Å². The number of ether oxygens (including phenoxy) is 1. The maximum Gasteiger partial charge on any atom is 0.217 e. The quantitative estimate of drug-likeness (QED) is 0.568. The highest BCUT2D eigenvalue weighted by molar-refractivity contribution is 5.73. The monoisotopic (exact) mass is 215 g/mol. The summed E-state index contributed by atoms with van der Waals surface area (Å²) in [4.78, 5) is 12.7. The van der Waals surface area contributed by atoms with Crippen molar-refractivity contribution < 1.29 is 9.53 Å². The molecule has 1 aliphatic rings. The first-order chi connectivity index (χ1) is 7.18. The van der Waals surface area contributed by atoms with Gasteiger partial charge < -0.3 is 20.7 Å². The molecule has 88 valence electrons. The Bertz CT molecular complexity index is 199. The second kappa shape index (κ2) is 6.76. The van der Waals surface area contributed by atoms with E-state index in [-0.39, 0.29) is 12.0 Å². The highest BCUT2D eigenvalue weighted by Crippen LogP contribution is 2.01. The molecule has 1 aliphatic heterocycles. The fourth-order valence-electron chi connectivity index (χ4n) is 1.64. The highest BCUT2D eigenvalue weighted by Gasteiger charge is 2.16. The van der Waals surface area contributed by atoms with Crippen molar-refractivity contribution in [2.45, 2.75) is 18.9 Å². The second-order valence-corrected chi connectivity index (χ2v) is 4.03. The van der Waals surface area contributed by atoms with E-state index in [0.717, 1.165) is 39.2 Å². The molecular weight excluding hydrogens is 194 g/mol. The lowest BCUT2D eigenvalue weighted by atomic mass is 10.2. The minimum absolute atomic E-state index is 0.231. The predicted octanol–water partition coefficient (Wildman–Crippen LogP) is -0.828. The van der Waals surface area contributed by atoms with Gasteiger partial charge in [0.2, 0.25) is 5.91 Å². The molecule has 5 nitrogen and oxygen atoms in total. The standard InChI is InChI=1S/C10H21N3O2/c1-13-5-6-15-9(8-13)7-12-4-2-3-10(11)14/h9,12H,2-8H2,1H3,(H2,11,14). The van der Waals surface area contributed by atoms with Gasteiger partial charge in [-0.1, -0.05) is 0 Å². The molecular formula is C10H21N3O2. The lowest BCUT2D eigenvalue weighted by molar-refractivity contribution is -0.118. The molecule has 3 N–H and O–H groups in total. The minimum atomic E-state index is -0.231. The molecule has 0 saturated carbocycles. The number of carbonyl (C=O) groups is 1. The number of hydrogen-bond donors (Lipinski definition) is 2. The van der Waals surface area contributed by atoms with Crippen molar-refractivity contribution in [1.29, 1.82) is 0 Å². The van der Waals surface area contributed by atoms with E-state index in [9.17, 15) is 4.79 Å². The van der Waals surface area contributed by atoms with E-state index < -0.39 is 0 Å². The van der Waals surface area contributed by atoms with Crippen LogP contribution in [0, 0.1) is 0 Å². The number of hydrogen-bond acceptors (Lipinski definition) is 4. The zero-order valence-electron chi connectivity index (χ0n) is 9.37. The first-order valence-electron chi connectivity index (χ1n) is 5.47. The molecule has 1 fully saturated rings. The van der Waals surface area contributed by atoms with Gasteiger partial charge in [0.1, 0.15) is 0 Å². The van der Waals surface area contributed by atoms with E-state index >= 15 is 0 Å². The SMILES string of the molecule is CN1CCOC(CNCCCC(N)=O)C1. The van der Waals surface area contributed by atoms with Crippen molar-refractivity contribution in [2.75, 3.05) is 39.8 Å². The molecule has 1 rings (SSSR count). The number of nitrogens with two attached hydrogens (primary N) is 1. The maximum absolute atomic E-state index is 10.5.